The molecule has 0 aromatic carbocycles. The molecule has 7 nitrogen and oxygen atoms in total. The van der Waals surface area contributed by atoms with Gasteiger partial charge in [0.05, 0.1) is 11.6 Å². The number of aromatic nitrogens is 3. The third-order valence-electron chi connectivity index (χ3n) is 2.80. The topological polar surface area (TPSA) is 85.9 Å². The quantitative estimate of drug-likeness (QED) is 0.602. The van der Waals surface area contributed by atoms with E-state index in [0.717, 1.165) is 13.0 Å². The highest BCUT2D eigenvalue weighted by molar-refractivity contribution is 5.07. The summed E-state index contributed by atoms with van der Waals surface area (Å²) in [4.78, 5) is 11.3. The van der Waals surface area contributed by atoms with Crippen molar-refractivity contribution in [3.8, 4) is 0 Å². The van der Waals surface area contributed by atoms with Gasteiger partial charge in [-0.1, -0.05) is 11.2 Å². The molecule has 1 aliphatic rings. The molecule has 1 fully saturated rings. The zero-order valence-corrected chi connectivity index (χ0v) is 9.00. The Bertz CT molecular complexity index is 359. The maximum absolute atomic E-state index is 10.4. The minimum atomic E-state index is -0.525. The van der Waals surface area contributed by atoms with Crippen molar-refractivity contribution >= 4 is 5.82 Å². The Morgan fingerprint density at radius 3 is 3.12 bits per heavy atom. The fourth-order valence-corrected chi connectivity index (χ4v) is 1.92. The Labute approximate surface area is 93.0 Å². The summed E-state index contributed by atoms with van der Waals surface area (Å²) in [5.74, 6) is -0.184. The van der Waals surface area contributed by atoms with Gasteiger partial charge in [-0.3, -0.25) is 0 Å². The standard InChI is InChI=1S/C9H15N5O2/c15-14(16)9-7-11-13(12-9)6-4-8-3-1-2-5-10-8/h7-8,10H,1-6H2. The molecule has 0 aliphatic carbocycles. The summed E-state index contributed by atoms with van der Waals surface area (Å²) < 4.78 is 0. The van der Waals surface area contributed by atoms with Crippen molar-refractivity contribution in [1.82, 2.24) is 20.3 Å². The van der Waals surface area contributed by atoms with Gasteiger partial charge < -0.3 is 15.4 Å². The van der Waals surface area contributed by atoms with Gasteiger partial charge in [0, 0.05) is 6.04 Å². The lowest BCUT2D eigenvalue weighted by Gasteiger charge is -2.22. The molecular formula is C9H15N5O2. The average molecular weight is 225 g/mol. The van der Waals surface area contributed by atoms with Crippen LogP contribution in [0.2, 0.25) is 0 Å². The van der Waals surface area contributed by atoms with Crippen LogP contribution < -0.4 is 5.32 Å². The molecule has 0 amide bonds. The second-order valence-electron chi connectivity index (χ2n) is 3.99. The Morgan fingerprint density at radius 1 is 1.62 bits per heavy atom. The Hall–Kier alpha value is -1.50. The monoisotopic (exact) mass is 225 g/mol. The van der Waals surface area contributed by atoms with Gasteiger partial charge in [0.25, 0.3) is 0 Å². The molecule has 0 radical (unpaired) electrons. The van der Waals surface area contributed by atoms with E-state index in [0.29, 0.717) is 12.6 Å². The first-order valence-electron chi connectivity index (χ1n) is 5.53. The predicted octanol–water partition coefficient (Wildman–Crippen LogP) is 0.718. The van der Waals surface area contributed by atoms with Crippen molar-refractivity contribution in [3.05, 3.63) is 16.3 Å². The van der Waals surface area contributed by atoms with Crippen LogP contribution in [0.15, 0.2) is 6.20 Å². The van der Waals surface area contributed by atoms with Crippen molar-refractivity contribution in [2.24, 2.45) is 0 Å². The normalized spacial score (nSPS) is 20.9. The Kier molecular flexibility index (Phi) is 3.45. The van der Waals surface area contributed by atoms with Crippen LogP contribution in [0.25, 0.3) is 0 Å². The molecule has 2 rings (SSSR count). The zero-order valence-electron chi connectivity index (χ0n) is 9.00. The SMILES string of the molecule is O=[N+]([O-])c1cnn(CCC2CCCCN2)n1. The van der Waals surface area contributed by atoms with E-state index >= 15 is 0 Å². The third kappa shape index (κ3) is 2.75. The molecule has 1 atom stereocenters. The Balaban J connectivity index is 1.81. The van der Waals surface area contributed by atoms with E-state index in [2.05, 4.69) is 15.5 Å². The van der Waals surface area contributed by atoms with Crippen molar-refractivity contribution in [3.63, 3.8) is 0 Å². The van der Waals surface area contributed by atoms with Crippen LogP contribution in [0.4, 0.5) is 5.82 Å². The molecule has 0 saturated carbocycles. The zero-order chi connectivity index (χ0) is 11.4. The summed E-state index contributed by atoms with van der Waals surface area (Å²) in [6.07, 6.45) is 5.77. The minimum absolute atomic E-state index is 0.184. The van der Waals surface area contributed by atoms with Crippen molar-refractivity contribution in [1.29, 1.82) is 0 Å². The van der Waals surface area contributed by atoms with Gasteiger partial charge >= 0.3 is 5.82 Å². The number of nitro groups is 1. The van der Waals surface area contributed by atoms with E-state index in [1.54, 1.807) is 0 Å². The summed E-state index contributed by atoms with van der Waals surface area (Å²) in [7, 11) is 0. The van der Waals surface area contributed by atoms with Gasteiger partial charge in [0.2, 0.25) is 0 Å². The lowest BCUT2D eigenvalue weighted by molar-refractivity contribution is -0.389. The van der Waals surface area contributed by atoms with Gasteiger partial charge in [-0.05, 0) is 30.7 Å². The maximum Gasteiger partial charge on any atom is 0.410 e. The average Bonchev–Trinajstić information content (AvgIpc) is 2.76. The molecule has 1 aromatic rings. The van der Waals surface area contributed by atoms with E-state index < -0.39 is 4.92 Å². The molecule has 7 heteroatoms. The van der Waals surface area contributed by atoms with Gasteiger partial charge in [0.15, 0.2) is 6.20 Å². The second kappa shape index (κ2) is 5.02. The van der Waals surface area contributed by atoms with Gasteiger partial charge in [-0.25, -0.2) is 0 Å². The first-order chi connectivity index (χ1) is 7.75. The highest BCUT2D eigenvalue weighted by atomic mass is 16.6. The summed E-state index contributed by atoms with van der Waals surface area (Å²) in [6.45, 7) is 1.70. The highest BCUT2D eigenvalue weighted by Gasteiger charge is 2.16. The first-order valence-corrected chi connectivity index (χ1v) is 5.53. The number of rotatable bonds is 4. The number of aryl methyl sites for hydroxylation is 1. The molecule has 1 N–H and O–H groups in total. The fourth-order valence-electron chi connectivity index (χ4n) is 1.92. The highest BCUT2D eigenvalue weighted by Crippen LogP contribution is 2.11. The van der Waals surface area contributed by atoms with E-state index in [4.69, 9.17) is 0 Å². The number of hydrogen-bond acceptors (Lipinski definition) is 5. The van der Waals surface area contributed by atoms with Crippen LogP contribution in [0, 0.1) is 10.1 Å². The number of hydrogen-bond donors (Lipinski definition) is 1. The smallest absolute Gasteiger partial charge is 0.358 e. The Morgan fingerprint density at radius 2 is 2.50 bits per heavy atom. The largest absolute Gasteiger partial charge is 0.410 e. The maximum atomic E-state index is 10.4. The number of nitrogens with one attached hydrogen (secondary N) is 1. The molecular weight excluding hydrogens is 210 g/mol. The van der Waals surface area contributed by atoms with Crippen LogP contribution in [0.3, 0.4) is 0 Å². The minimum Gasteiger partial charge on any atom is -0.358 e. The summed E-state index contributed by atoms with van der Waals surface area (Å²) in [5, 5.41) is 21.4. The number of nitrogens with zero attached hydrogens (tertiary/aromatic N) is 4. The molecule has 1 aliphatic heterocycles. The van der Waals surface area contributed by atoms with Crippen LogP contribution in [0.1, 0.15) is 25.7 Å². The molecule has 1 saturated heterocycles. The van der Waals surface area contributed by atoms with Gasteiger partial charge in [-0.2, -0.15) is 0 Å². The van der Waals surface area contributed by atoms with E-state index in [9.17, 15) is 10.1 Å². The molecule has 1 aromatic heterocycles. The second-order valence-corrected chi connectivity index (χ2v) is 3.99. The summed E-state index contributed by atoms with van der Waals surface area (Å²) in [5.41, 5.74) is 0. The van der Waals surface area contributed by atoms with Gasteiger partial charge in [0.1, 0.15) is 0 Å². The molecule has 0 spiro atoms. The van der Waals surface area contributed by atoms with E-state index in [1.165, 1.54) is 30.3 Å². The summed E-state index contributed by atoms with van der Waals surface area (Å²) >= 11 is 0. The van der Waals surface area contributed by atoms with Crippen LogP contribution in [-0.2, 0) is 6.54 Å². The van der Waals surface area contributed by atoms with E-state index in [-0.39, 0.29) is 5.82 Å². The lowest BCUT2D eigenvalue weighted by Crippen LogP contribution is -2.34. The molecule has 0 bridgehead atoms. The van der Waals surface area contributed by atoms with Gasteiger partial charge in [-0.15, -0.1) is 5.10 Å². The van der Waals surface area contributed by atoms with Crippen LogP contribution in [0.5, 0.6) is 0 Å². The molecule has 1 unspecified atom stereocenters. The molecule has 16 heavy (non-hydrogen) atoms. The van der Waals surface area contributed by atoms with Crippen LogP contribution in [-0.4, -0.2) is 32.5 Å². The predicted molar refractivity (Wildman–Crippen MR) is 56.9 cm³/mol. The van der Waals surface area contributed by atoms with Crippen molar-refractivity contribution < 1.29 is 4.92 Å². The third-order valence-corrected chi connectivity index (χ3v) is 2.80. The number of piperidine rings is 1. The lowest BCUT2D eigenvalue weighted by atomic mass is 10.0. The molecule has 2 heterocycles. The fraction of sp³-hybridized carbons (Fsp3) is 0.778. The molecule has 88 valence electrons. The van der Waals surface area contributed by atoms with Crippen LogP contribution >= 0.6 is 0 Å². The van der Waals surface area contributed by atoms with Crippen molar-refractivity contribution in [2.45, 2.75) is 38.3 Å². The van der Waals surface area contributed by atoms with Crippen molar-refractivity contribution in [2.75, 3.05) is 6.54 Å². The van der Waals surface area contributed by atoms with E-state index in [1.807, 2.05) is 0 Å². The first kappa shape index (κ1) is 11.0. The summed E-state index contributed by atoms with van der Waals surface area (Å²) in [6, 6.07) is 0.499.